The molecule has 0 bridgehead atoms. The average Bonchev–Trinajstić information content (AvgIpc) is 3.88. The van der Waals surface area contributed by atoms with Crippen LogP contribution < -0.4 is 15.1 Å². The van der Waals surface area contributed by atoms with Gasteiger partial charge in [0.05, 0.1) is 35.1 Å². The Morgan fingerprint density at radius 2 is 1.84 bits per heavy atom. The van der Waals surface area contributed by atoms with Crippen molar-refractivity contribution in [3.8, 4) is 17.2 Å². The number of piperidine rings is 1. The van der Waals surface area contributed by atoms with Crippen molar-refractivity contribution in [2.75, 3.05) is 29.4 Å². The number of ether oxygens (including phenoxy) is 1. The first kappa shape index (κ1) is 37.4. The molecule has 4 aromatic rings. The van der Waals surface area contributed by atoms with Gasteiger partial charge in [-0.1, -0.05) is 29.4 Å². The van der Waals surface area contributed by atoms with E-state index < -0.39 is 35.0 Å². The van der Waals surface area contributed by atoms with Gasteiger partial charge in [-0.2, -0.15) is 5.26 Å². The number of nitriles is 1. The summed E-state index contributed by atoms with van der Waals surface area (Å²) in [6.45, 7) is 10.9. The highest BCUT2D eigenvalue weighted by Crippen LogP contribution is 2.48. The van der Waals surface area contributed by atoms with Crippen molar-refractivity contribution in [2.45, 2.75) is 84.0 Å². The molecule has 7 rings (SSSR count). The summed E-state index contributed by atoms with van der Waals surface area (Å²) in [7, 11) is 0. The summed E-state index contributed by atoms with van der Waals surface area (Å²) in [5.74, 6) is -1.92. The van der Waals surface area contributed by atoms with Crippen LogP contribution in [-0.4, -0.2) is 72.1 Å². The molecule has 13 heteroatoms. The van der Waals surface area contributed by atoms with Crippen LogP contribution >= 0.6 is 0 Å². The highest BCUT2D eigenvalue weighted by atomic mass is 19.1. The number of hydrogen-bond acceptors (Lipinski definition) is 10. The Bertz CT molecular complexity index is 2200. The first-order valence-corrected chi connectivity index (χ1v) is 18.5. The standard InChI is InChI=1S/C42H43FN6O6/c1-24-6-7-29(39-27(4)46-55-28(39)5)17-36(24)48(31-10-8-30(9-11-31)42(22-44)14-15-42)19-26(3)54-32-20-47(21-32)37-16-25(2)33(18-34(37)43)41(53)49(23-50)35-12-13-38(51)45-40(35)52/h6-11,16-18,23,26,32,35H,12-15,19-21H2,1-5H3,(H,45,51,52). The van der Waals surface area contributed by atoms with Crippen LogP contribution in [0.5, 0.6) is 0 Å². The first-order valence-electron chi connectivity index (χ1n) is 18.5. The molecule has 0 radical (unpaired) electrons. The minimum absolute atomic E-state index is 0.00373. The van der Waals surface area contributed by atoms with Crippen molar-refractivity contribution >= 4 is 41.2 Å². The molecule has 1 N–H and O–H groups in total. The van der Waals surface area contributed by atoms with Gasteiger partial charge in [0.15, 0.2) is 0 Å². The maximum Gasteiger partial charge on any atom is 0.261 e. The molecular formula is C42H43FN6O6. The van der Waals surface area contributed by atoms with Crippen molar-refractivity contribution in [1.29, 1.82) is 5.26 Å². The van der Waals surface area contributed by atoms with Gasteiger partial charge >= 0.3 is 0 Å². The number of halogens is 1. The number of rotatable bonds is 12. The van der Waals surface area contributed by atoms with Gasteiger partial charge in [-0.05, 0) is 106 Å². The van der Waals surface area contributed by atoms with Gasteiger partial charge < -0.3 is 19.1 Å². The van der Waals surface area contributed by atoms with Crippen LogP contribution in [0.2, 0.25) is 0 Å². The van der Waals surface area contributed by atoms with Crippen LogP contribution in [0.4, 0.5) is 21.5 Å². The van der Waals surface area contributed by atoms with Gasteiger partial charge in [0, 0.05) is 48.6 Å². The Hall–Kier alpha value is -5.87. The number of imide groups is 2. The molecule has 2 atom stereocenters. The lowest BCUT2D eigenvalue weighted by atomic mass is 9.97. The van der Waals surface area contributed by atoms with Gasteiger partial charge in [-0.15, -0.1) is 0 Å². The van der Waals surface area contributed by atoms with Crippen molar-refractivity contribution in [3.63, 3.8) is 0 Å². The van der Waals surface area contributed by atoms with E-state index in [-0.39, 0.29) is 37.0 Å². The second-order valence-electron chi connectivity index (χ2n) is 14.9. The fourth-order valence-corrected chi connectivity index (χ4v) is 7.68. The number of aromatic nitrogens is 1. The zero-order chi connectivity index (χ0) is 39.2. The Morgan fingerprint density at radius 3 is 2.45 bits per heavy atom. The second-order valence-corrected chi connectivity index (χ2v) is 14.9. The summed E-state index contributed by atoms with van der Waals surface area (Å²) < 4.78 is 27.6. The zero-order valence-electron chi connectivity index (χ0n) is 31.5. The maximum absolute atomic E-state index is 15.6. The number of carbonyl (C=O) groups is 4. The fourth-order valence-electron chi connectivity index (χ4n) is 7.68. The molecule has 284 valence electrons. The van der Waals surface area contributed by atoms with Crippen molar-refractivity contribution in [1.82, 2.24) is 15.4 Å². The number of nitrogens with one attached hydrogen (secondary N) is 1. The number of hydrogen-bond donors (Lipinski definition) is 1. The Morgan fingerprint density at radius 1 is 1.11 bits per heavy atom. The maximum atomic E-state index is 15.6. The van der Waals surface area contributed by atoms with E-state index in [9.17, 15) is 24.4 Å². The average molecular weight is 747 g/mol. The van der Waals surface area contributed by atoms with Gasteiger partial charge in [0.25, 0.3) is 5.91 Å². The zero-order valence-corrected chi connectivity index (χ0v) is 31.5. The Balaban J connectivity index is 1.06. The van der Waals surface area contributed by atoms with Crippen LogP contribution in [0.15, 0.2) is 59.1 Å². The van der Waals surface area contributed by atoms with Gasteiger partial charge in [-0.3, -0.25) is 29.4 Å². The van der Waals surface area contributed by atoms with E-state index >= 15 is 4.39 Å². The number of benzene rings is 3. The highest BCUT2D eigenvalue weighted by molar-refractivity contribution is 6.07. The largest absolute Gasteiger partial charge is 0.370 e. The number of anilines is 3. The minimum Gasteiger partial charge on any atom is -0.370 e. The molecule has 0 spiro atoms. The van der Waals surface area contributed by atoms with Crippen molar-refractivity contribution < 1.29 is 32.8 Å². The van der Waals surface area contributed by atoms with E-state index in [2.05, 4.69) is 58.7 Å². The molecule has 2 saturated heterocycles. The number of nitrogens with zero attached hydrogens (tertiary/aromatic N) is 5. The lowest BCUT2D eigenvalue weighted by Gasteiger charge is -2.42. The lowest BCUT2D eigenvalue weighted by Crippen LogP contribution is -2.54. The normalized spacial score (nSPS) is 18.2. The monoisotopic (exact) mass is 746 g/mol. The molecule has 4 amide bonds. The smallest absolute Gasteiger partial charge is 0.261 e. The van der Waals surface area contributed by atoms with Gasteiger partial charge in [0.2, 0.25) is 18.2 Å². The van der Waals surface area contributed by atoms with Crippen LogP contribution in [0.25, 0.3) is 11.1 Å². The third-order valence-electron chi connectivity index (χ3n) is 11.0. The van der Waals surface area contributed by atoms with Crippen LogP contribution in [0, 0.1) is 44.8 Å². The van der Waals surface area contributed by atoms with Crippen molar-refractivity contribution in [2.24, 2.45) is 0 Å². The molecule has 2 unspecified atom stereocenters. The molecule has 2 aliphatic heterocycles. The quantitative estimate of drug-likeness (QED) is 0.133. The molecule has 1 saturated carbocycles. The summed E-state index contributed by atoms with van der Waals surface area (Å²) in [4.78, 5) is 53.9. The molecule has 3 heterocycles. The Labute approximate surface area is 318 Å². The predicted molar refractivity (Wildman–Crippen MR) is 202 cm³/mol. The minimum atomic E-state index is -1.15. The van der Waals surface area contributed by atoms with E-state index in [4.69, 9.17) is 9.26 Å². The molecular weight excluding hydrogens is 703 g/mol. The van der Waals surface area contributed by atoms with Crippen LogP contribution in [-0.2, 0) is 24.5 Å². The van der Waals surface area contributed by atoms with Crippen LogP contribution in [0.1, 0.15) is 71.1 Å². The van der Waals surface area contributed by atoms with E-state index in [1.165, 1.54) is 0 Å². The van der Waals surface area contributed by atoms with E-state index in [0.29, 0.717) is 30.9 Å². The van der Waals surface area contributed by atoms with E-state index in [1.54, 1.807) is 13.0 Å². The van der Waals surface area contributed by atoms with Crippen molar-refractivity contribution in [3.05, 3.63) is 94.1 Å². The topological polar surface area (TPSA) is 149 Å². The third-order valence-corrected chi connectivity index (χ3v) is 11.0. The molecule has 1 aliphatic carbocycles. The summed E-state index contributed by atoms with van der Waals surface area (Å²) in [6.07, 6.45) is 1.55. The molecule has 55 heavy (non-hydrogen) atoms. The summed E-state index contributed by atoms with van der Waals surface area (Å²) >= 11 is 0. The fraction of sp³-hybridized carbons (Fsp3) is 0.381. The number of aryl methyl sites for hydroxylation is 4. The highest BCUT2D eigenvalue weighted by Gasteiger charge is 2.45. The molecule has 12 nitrogen and oxygen atoms in total. The predicted octanol–water partition coefficient (Wildman–Crippen LogP) is 6.11. The number of amides is 4. The summed E-state index contributed by atoms with van der Waals surface area (Å²) in [5, 5.41) is 16.1. The first-order chi connectivity index (χ1) is 26.3. The van der Waals surface area contributed by atoms with Gasteiger partial charge in [0.1, 0.15) is 17.6 Å². The Kier molecular flexibility index (Phi) is 10.0. The second kappa shape index (κ2) is 14.8. The number of carbonyl (C=O) groups excluding carboxylic acids is 4. The SMILES string of the molecule is Cc1cc(N2CC(OC(C)CN(c3ccc(C4(C#N)CC4)cc3)c3cc(-c4c(C)noc4C)ccc3C)C2)c(F)cc1C(=O)N(C=O)C1CCC(=O)NC1=O. The van der Waals surface area contributed by atoms with Crippen LogP contribution in [0.3, 0.4) is 0 Å². The lowest BCUT2D eigenvalue weighted by molar-refractivity contribution is -0.139. The summed E-state index contributed by atoms with van der Waals surface area (Å²) in [5.41, 5.74) is 7.11. The molecule has 3 aromatic carbocycles. The summed E-state index contributed by atoms with van der Waals surface area (Å²) in [6, 6.07) is 18.5. The molecule has 3 aliphatic rings. The van der Waals surface area contributed by atoms with Gasteiger partial charge in [-0.25, -0.2) is 4.39 Å². The van der Waals surface area contributed by atoms with E-state index in [1.807, 2.05) is 37.8 Å². The molecule has 1 aromatic heterocycles. The van der Waals surface area contributed by atoms with E-state index in [0.717, 1.165) is 68.9 Å². The molecule has 3 fully saturated rings. The third kappa shape index (κ3) is 7.22.